The number of ether oxygens (including phenoxy) is 1. The minimum absolute atomic E-state index is 0.224. The molecule has 2 heterocycles. The van der Waals surface area contributed by atoms with Crippen LogP contribution in [0.1, 0.15) is 31.5 Å². The van der Waals surface area contributed by atoms with Crippen molar-refractivity contribution in [3.8, 4) is 11.4 Å². The van der Waals surface area contributed by atoms with Gasteiger partial charge in [-0.25, -0.2) is 0 Å². The second kappa shape index (κ2) is 10.1. The van der Waals surface area contributed by atoms with E-state index in [9.17, 15) is 4.79 Å². The third kappa shape index (κ3) is 5.37. The highest BCUT2D eigenvalue weighted by Crippen LogP contribution is 2.32. The van der Waals surface area contributed by atoms with Crippen LogP contribution in [0, 0.1) is 6.92 Å². The monoisotopic (exact) mass is 483 g/mol. The van der Waals surface area contributed by atoms with Crippen molar-refractivity contribution in [2.45, 2.75) is 37.3 Å². The highest BCUT2D eigenvalue weighted by atomic mass is 35.5. The van der Waals surface area contributed by atoms with Crippen LogP contribution in [0.3, 0.4) is 0 Å². The highest BCUT2D eigenvalue weighted by molar-refractivity contribution is 8.00. The molecule has 2 unspecified atom stereocenters. The number of carbonyl (C=O) groups excluding carboxylic acids is 1. The first-order valence-electron chi connectivity index (χ1n) is 10.2. The molecule has 0 saturated carbocycles. The Kier molecular flexibility index (Phi) is 7.00. The van der Waals surface area contributed by atoms with Gasteiger partial charge in [0.25, 0.3) is 0 Å². The van der Waals surface area contributed by atoms with Gasteiger partial charge in [0, 0.05) is 11.8 Å². The molecule has 0 aliphatic rings. The number of anilines is 1. The number of nitrogens with zero attached hydrogens (tertiary/aromatic N) is 4. The average molecular weight is 484 g/mol. The first-order valence-corrected chi connectivity index (χ1v) is 11.5. The molecule has 0 aliphatic heterocycles. The van der Waals surface area contributed by atoms with Gasteiger partial charge in [-0.1, -0.05) is 58.9 Å². The van der Waals surface area contributed by atoms with E-state index in [1.54, 1.807) is 32.0 Å². The van der Waals surface area contributed by atoms with Crippen molar-refractivity contribution >= 4 is 35.1 Å². The number of hydrogen-bond acceptors (Lipinski definition) is 7. The van der Waals surface area contributed by atoms with Crippen molar-refractivity contribution < 1.29 is 14.1 Å². The number of hydrogen-bond donors (Lipinski definition) is 1. The van der Waals surface area contributed by atoms with Gasteiger partial charge < -0.3 is 14.6 Å². The molecule has 0 fully saturated rings. The van der Waals surface area contributed by atoms with Crippen molar-refractivity contribution in [2.75, 3.05) is 5.32 Å². The molecular weight excluding hydrogens is 462 g/mol. The molecule has 0 aliphatic carbocycles. The van der Waals surface area contributed by atoms with E-state index in [2.05, 4.69) is 20.7 Å². The Bertz CT molecular complexity index is 1240. The maximum Gasteiger partial charge on any atom is 0.238 e. The van der Waals surface area contributed by atoms with Crippen molar-refractivity contribution in [2.24, 2.45) is 0 Å². The summed E-state index contributed by atoms with van der Waals surface area (Å²) in [5.74, 6) is 1.91. The summed E-state index contributed by atoms with van der Waals surface area (Å²) >= 11 is 7.55. The van der Waals surface area contributed by atoms with E-state index in [1.165, 1.54) is 11.8 Å². The first-order chi connectivity index (χ1) is 15.9. The van der Waals surface area contributed by atoms with Crippen LogP contribution < -0.4 is 10.1 Å². The number of aryl methyl sites for hydroxylation is 1. The van der Waals surface area contributed by atoms with Crippen LogP contribution in [0.15, 0.2) is 70.3 Å². The second-order valence-electron chi connectivity index (χ2n) is 7.27. The minimum Gasteiger partial charge on any atom is -0.481 e. The number of carbonyl (C=O) groups is 1. The van der Waals surface area contributed by atoms with Gasteiger partial charge >= 0.3 is 0 Å². The largest absolute Gasteiger partial charge is 0.481 e. The van der Waals surface area contributed by atoms with E-state index in [4.69, 9.17) is 20.9 Å². The summed E-state index contributed by atoms with van der Waals surface area (Å²) in [5.41, 5.74) is 0.856. The van der Waals surface area contributed by atoms with E-state index in [1.807, 2.05) is 54.0 Å². The molecule has 0 bridgehead atoms. The van der Waals surface area contributed by atoms with Crippen LogP contribution >= 0.6 is 23.4 Å². The van der Waals surface area contributed by atoms with E-state index >= 15 is 0 Å². The van der Waals surface area contributed by atoms with Crippen LogP contribution in [0.4, 0.5) is 5.82 Å². The summed E-state index contributed by atoms with van der Waals surface area (Å²) in [4.78, 5) is 12.7. The second-order valence-corrected chi connectivity index (χ2v) is 8.99. The molecule has 1 amide bonds. The van der Waals surface area contributed by atoms with Crippen LogP contribution in [-0.4, -0.2) is 31.1 Å². The molecule has 4 rings (SSSR count). The van der Waals surface area contributed by atoms with Gasteiger partial charge in [0.15, 0.2) is 22.9 Å². The molecular formula is C23H22ClN5O3S. The Hall–Kier alpha value is -3.30. The number of benzene rings is 2. The number of halogens is 1. The molecule has 4 aromatic rings. The lowest BCUT2D eigenvalue weighted by Crippen LogP contribution is -2.23. The minimum atomic E-state index is -0.471. The van der Waals surface area contributed by atoms with Gasteiger partial charge in [-0.15, -0.1) is 10.2 Å². The van der Waals surface area contributed by atoms with Crippen LogP contribution in [0.25, 0.3) is 5.69 Å². The van der Waals surface area contributed by atoms with Gasteiger partial charge in [-0.05, 0) is 45.0 Å². The highest BCUT2D eigenvalue weighted by Gasteiger charge is 2.25. The van der Waals surface area contributed by atoms with Gasteiger partial charge in [0.2, 0.25) is 5.91 Å². The summed E-state index contributed by atoms with van der Waals surface area (Å²) in [5, 5.41) is 15.9. The van der Waals surface area contributed by atoms with Gasteiger partial charge in [0.1, 0.15) is 11.5 Å². The van der Waals surface area contributed by atoms with Gasteiger partial charge in [-0.3, -0.25) is 9.36 Å². The molecule has 2 aromatic carbocycles. The fraction of sp³-hybridized carbons (Fsp3) is 0.217. The van der Waals surface area contributed by atoms with Gasteiger partial charge in [-0.2, -0.15) is 0 Å². The predicted octanol–water partition coefficient (Wildman–Crippen LogP) is 5.48. The SMILES string of the molecule is Cc1cc(NC(=O)C(C)Sc2nnc(C(C)Oc3ccccc3Cl)n2-c2ccccc2)no1. The third-order valence-corrected chi connectivity index (χ3v) is 6.06. The number of nitrogens with one attached hydrogen (secondary N) is 1. The Morgan fingerprint density at radius 3 is 2.55 bits per heavy atom. The molecule has 0 spiro atoms. The Balaban J connectivity index is 1.59. The smallest absolute Gasteiger partial charge is 0.238 e. The molecule has 8 nitrogen and oxygen atoms in total. The summed E-state index contributed by atoms with van der Waals surface area (Å²) in [6.07, 6.45) is -0.450. The van der Waals surface area contributed by atoms with E-state index in [0.29, 0.717) is 33.3 Å². The Morgan fingerprint density at radius 1 is 1.12 bits per heavy atom. The summed E-state index contributed by atoms with van der Waals surface area (Å²) in [7, 11) is 0. The quantitative estimate of drug-likeness (QED) is 0.332. The summed E-state index contributed by atoms with van der Waals surface area (Å²) < 4.78 is 13.0. The molecule has 0 radical (unpaired) electrons. The molecule has 33 heavy (non-hydrogen) atoms. The fourth-order valence-electron chi connectivity index (χ4n) is 3.09. The lowest BCUT2D eigenvalue weighted by molar-refractivity contribution is -0.115. The van der Waals surface area contributed by atoms with Crippen molar-refractivity contribution in [3.05, 3.63) is 77.3 Å². The standard InChI is InChI=1S/C23H22ClN5O3S/c1-14-13-20(28-32-14)25-22(30)16(3)33-23-27-26-21(29(23)17-9-5-4-6-10-17)15(2)31-19-12-8-7-11-18(19)24/h4-13,15-16H,1-3H3,(H,25,28,30). The topological polar surface area (TPSA) is 95.1 Å². The molecule has 0 saturated heterocycles. The zero-order chi connectivity index (χ0) is 23.4. The van der Waals surface area contributed by atoms with Crippen molar-refractivity contribution in [3.63, 3.8) is 0 Å². The van der Waals surface area contributed by atoms with Gasteiger partial charge in [0.05, 0.1) is 10.3 Å². The van der Waals surface area contributed by atoms with E-state index in [0.717, 1.165) is 5.69 Å². The summed E-state index contributed by atoms with van der Waals surface area (Å²) in [6, 6.07) is 18.6. The number of para-hydroxylation sites is 2. The van der Waals surface area contributed by atoms with Crippen molar-refractivity contribution in [1.29, 1.82) is 0 Å². The Labute approximate surface area is 200 Å². The molecule has 2 aromatic heterocycles. The summed E-state index contributed by atoms with van der Waals surface area (Å²) in [6.45, 7) is 5.43. The maximum atomic E-state index is 12.7. The number of rotatable bonds is 8. The molecule has 170 valence electrons. The Morgan fingerprint density at radius 2 is 1.85 bits per heavy atom. The maximum absolute atomic E-state index is 12.7. The molecule has 10 heteroatoms. The number of thioether (sulfide) groups is 1. The predicted molar refractivity (Wildman–Crippen MR) is 127 cm³/mol. The van der Waals surface area contributed by atoms with E-state index in [-0.39, 0.29) is 5.91 Å². The first kappa shape index (κ1) is 22.9. The van der Waals surface area contributed by atoms with Crippen LogP contribution in [0.5, 0.6) is 5.75 Å². The van der Waals surface area contributed by atoms with E-state index < -0.39 is 11.4 Å². The molecule has 2 atom stereocenters. The number of amides is 1. The number of aromatic nitrogens is 4. The van der Waals surface area contributed by atoms with Crippen molar-refractivity contribution in [1.82, 2.24) is 19.9 Å². The van der Waals surface area contributed by atoms with Crippen LogP contribution in [-0.2, 0) is 4.79 Å². The lowest BCUT2D eigenvalue weighted by Gasteiger charge is -2.18. The normalized spacial score (nSPS) is 12.8. The zero-order valence-corrected chi connectivity index (χ0v) is 19.8. The fourth-order valence-corrected chi connectivity index (χ4v) is 4.14. The molecule has 1 N–H and O–H groups in total. The zero-order valence-electron chi connectivity index (χ0n) is 18.2. The lowest BCUT2D eigenvalue weighted by atomic mass is 10.3. The third-order valence-electron chi connectivity index (χ3n) is 4.71. The average Bonchev–Trinajstić information content (AvgIpc) is 3.41. The van der Waals surface area contributed by atoms with Crippen LogP contribution in [0.2, 0.25) is 5.02 Å².